The van der Waals surface area contributed by atoms with Gasteiger partial charge in [0, 0.05) is 22.4 Å². The summed E-state index contributed by atoms with van der Waals surface area (Å²) in [6.45, 7) is 5.64. The Hall–Kier alpha value is -1.79. The molecule has 3 rings (SSSR count). The van der Waals surface area contributed by atoms with E-state index in [9.17, 15) is 4.79 Å². The second kappa shape index (κ2) is 7.40. The Labute approximate surface area is 150 Å². The molecule has 1 N–H and O–H groups in total. The minimum atomic E-state index is -0.104. The molecule has 0 aliphatic carbocycles. The van der Waals surface area contributed by atoms with E-state index in [1.54, 1.807) is 23.5 Å². The van der Waals surface area contributed by atoms with Gasteiger partial charge in [0.05, 0.1) is 23.7 Å². The molecule has 2 heterocycles. The van der Waals surface area contributed by atoms with E-state index in [2.05, 4.69) is 24.1 Å². The van der Waals surface area contributed by atoms with E-state index in [1.165, 1.54) is 0 Å². The van der Waals surface area contributed by atoms with Gasteiger partial charge in [0.1, 0.15) is 13.2 Å². The minimum Gasteiger partial charge on any atom is -0.486 e. The number of carbonyl (C=O) groups excluding carboxylic acids is 1. The van der Waals surface area contributed by atoms with E-state index < -0.39 is 0 Å². The van der Waals surface area contributed by atoms with Gasteiger partial charge >= 0.3 is 0 Å². The first-order valence-corrected chi connectivity index (χ1v) is 9.07. The Morgan fingerprint density at radius 2 is 2.04 bits per heavy atom. The molecule has 128 valence electrons. The summed E-state index contributed by atoms with van der Waals surface area (Å²) in [5.41, 5.74) is 1.60. The number of carbonyl (C=O) groups is 1. The highest BCUT2D eigenvalue weighted by molar-refractivity contribution is 7.09. The number of halogens is 1. The maximum Gasteiger partial charge on any atom is 0.224 e. The summed E-state index contributed by atoms with van der Waals surface area (Å²) in [6.07, 6.45) is 0.191. The molecule has 1 aromatic carbocycles. The fraction of sp³-hybridized carbons (Fsp3) is 0.412. The van der Waals surface area contributed by atoms with Crippen LogP contribution in [0.15, 0.2) is 17.5 Å². The van der Waals surface area contributed by atoms with Crippen LogP contribution in [0.1, 0.15) is 36.0 Å². The quantitative estimate of drug-likeness (QED) is 0.879. The lowest BCUT2D eigenvalue weighted by molar-refractivity contribution is -0.120. The highest BCUT2D eigenvalue weighted by Crippen LogP contribution is 2.35. The number of nitrogens with one attached hydrogen (secondary N) is 1. The van der Waals surface area contributed by atoms with Crippen molar-refractivity contribution in [2.75, 3.05) is 13.2 Å². The van der Waals surface area contributed by atoms with Crippen molar-refractivity contribution in [2.24, 2.45) is 0 Å². The van der Waals surface area contributed by atoms with Gasteiger partial charge in [-0.2, -0.15) is 0 Å². The highest BCUT2D eigenvalue weighted by atomic mass is 35.5. The molecule has 0 spiro atoms. The molecule has 1 aromatic heterocycles. The monoisotopic (exact) mass is 366 g/mol. The molecule has 0 saturated heterocycles. The Morgan fingerprint density at radius 1 is 1.33 bits per heavy atom. The minimum absolute atomic E-state index is 0.104. The standard InChI is InChI=1S/C17H19ClN2O3S/c1-10(2)17-20-12(9-24-17)8-19-16(21)6-11-5-14-15(7-13(11)18)23-4-3-22-14/h5,7,9-10H,3-4,6,8H2,1-2H3,(H,19,21). The normalized spacial score (nSPS) is 13.2. The molecule has 1 aliphatic heterocycles. The number of fused-ring (bicyclic) bond motifs is 1. The summed E-state index contributed by atoms with van der Waals surface area (Å²) < 4.78 is 11.0. The van der Waals surface area contributed by atoms with Crippen molar-refractivity contribution in [3.63, 3.8) is 0 Å². The van der Waals surface area contributed by atoms with Gasteiger partial charge in [-0.15, -0.1) is 11.3 Å². The van der Waals surface area contributed by atoms with E-state index in [0.29, 0.717) is 42.2 Å². The van der Waals surface area contributed by atoms with Crippen LogP contribution >= 0.6 is 22.9 Å². The van der Waals surface area contributed by atoms with Crippen molar-refractivity contribution >= 4 is 28.8 Å². The molecular weight excluding hydrogens is 348 g/mol. The number of ether oxygens (including phenoxy) is 2. The molecule has 0 bridgehead atoms. The predicted octanol–water partition coefficient (Wildman–Crippen LogP) is 3.55. The third kappa shape index (κ3) is 3.99. The number of aromatic nitrogens is 1. The van der Waals surface area contributed by atoms with Crippen LogP contribution in [0.25, 0.3) is 0 Å². The summed E-state index contributed by atoms with van der Waals surface area (Å²) in [5.74, 6) is 1.55. The topological polar surface area (TPSA) is 60.5 Å². The summed E-state index contributed by atoms with van der Waals surface area (Å²) in [5, 5.41) is 6.44. The van der Waals surface area contributed by atoms with Gasteiger partial charge in [-0.05, 0) is 11.6 Å². The zero-order chi connectivity index (χ0) is 17.1. The predicted molar refractivity (Wildman–Crippen MR) is 94.2 cm³/mol. The second-order valence-electron chi connectivity index (χ2n) is 5.87. The maximum absolute atomic E-state index is 12.2. The first-order valence-electron chi connectivity index (χ1n) is 7.82. The van der Waals surface area contributed by atoms with Crippen LogP contribution in [0.2, 0.25) is 5.02 Å². The molecule has 7 heteroatoms. The molecule has 5 nitrogen and oxygen atoms in total. The molecule has 1 amide bonds. The van der Waals surface area contributed by atoms with E-state index in [-0.39, 0.29) is 12.3 Å². The maximum atomic E-state index is 12.2. The molecule has 0 atom stereocenters. The van der Waals surface area contributed by atoms with Crippen molar-refractivity contribution < 1.29 is 14.3 Å². The Balaban J connectivity index is 1.60. The van der Waals surface area contributed by atoms with Crippen molar-refractivity contribution in [2.45, 2.75) is 32.7 Å². The molecule has 2 aromatic rings. The van der Waals surface area contributed by atoms with Crippen LogP contribution in [0.3, 0.4) is 0 Å². The van der Waals surface area contributed by atoms with Gasteiger partial charge in [0.2, 0.25) is 5.91 Å². The summed E-state index contributed by atoms with van der Waals surface area (Å²) in [4.78, 5) is 16.7. The third-order valence-electron chi connectivity index (χ3n) is 3.59. The van der Waals surface area contributed by atoms with Gasteiger partial charge in [0.25, 0.3) is 0 Å². The summed E-state index contributed by atoms with van der Waals surface area (Å²) >= 11 is 7.85. The first kappa shape index (κ1) is 17.0. The van der Waals surface area contributed by atoms with Gasteiger partial charge in [0.15, 0.2) is 11.5 Å². The van der Waals surface area contributed by atoms with Crippen molar-refractivity contribution in [3.05, 3.63) is 38.8 Å². The zero-order valence-electron chi connectivity index (χ0n) is 13.6. The average molecular weight is 367 g/mol. The van der Waals surface area contributed by atoms with Crippen LogP contribution in [-0.4, -0.2) is 24.1 Å². The Kier molecular flexibility index (Phi) is 5.26. The van der Waals surface area contributed by atoms with E-state index >= 15 is 0 Å². The highest BCUT2D eigenvalue weighted by Gasteiger charge is 2.17. The van der Waals surface area contributed by atoms with Gasteiger partial charge in [-0.3, -0.25) is 4.79 Å². The Bertz CT molecular complexity index is 745. The molecule has 24 heavy (non-hydrogen) atoms. The lowest BCUT2D eigenvalue weighted by atomic mass is 10.1. The van der Waals surface area contributed by atoms with Crippen LogP contribution in [-0.2, 0) is 17.8 Å². The van der Waals surface area contributed by atoms with E-state index in [0.717, 1.165) is 16.3 Å². The molecule has 0 radical (unpaired) electrons. The lowest BCUT2D eigenvalue weighted by Crippen LogP contribution is -2.25. The SMILES string of the molecule is CC(C)c1nc(CNC(=O)Cc2cc3c(cc2Cl)OCCO3)cs1. The molecular formula is C17H19ClN2O3S. The molecule has 1 aliphatic rings. The number of thiazole rings is 1. The van der Waals surface area contributed by atoms with Gasteiger partial charge < -0.3 is 14.8 Å². The first-order chi connectivity index (χ1) is 11.5. The van der Waals surface area contributed by atoms with E-state index in [1.807, 2.05) is 5.38 Å². The average Bonchev–Trinajstić information content (AvgIpc) is 3.03. The number of amides is 1. The molecule has 0 saturated carbocycles. The largest absolute Gasteiger partial charge is 0.486 e. The fourth-order valence-corrected chi connectivity index (χ4v) is 3.39. The number of rotatable bonds is 5. The zero-order valence-corrected chi connectivity index (χ0v) is 15.2. The van der Waals surface area contributed by atoms with Crippen molar-refractivity contribution in [1.29, 1.82) is 0 Å². The smallest absolute Gasteiger partial charge is 0.224 e. The summed E-state index contributed by atoms with van der Waals surface area (Å²) in [7, 11) is 0. The van der Waals surface area contributed by atoms with Crippen LogP contribution in [0, 0.1) is 0 Å². The van der Waals surface area contributed by atoms with E-state index in [4.69, 9.17) is 21.1 Å². The van der Waals surface area contributed by atoms with Gasteiger partial charge in [-0.25, -0.2) is 4.98 Å². The fourth-order valence-electron chi connectivity index (χ4n) is 2.34. The number of benzene rings is 1. The number of hydrogen-bond acceptors (Lipinski definition) is 5. The van der Waals surface area contributed by atoms with Crippen LogP contribution in [0.4, 0.5) is 0 Å². The molecule has 0 unspecified atom stereocenters. The molecule has 0 fully saturated rings. The van der Waals surface area contributed by atoms with Crippen LogP contribution in [0.5, 0.6) is 11.5 Å². The van der Waals surface area contributed by atoms with Gasteiger partial charge in [-0.1, -0.05) is 25.4 Å². The number of hydrogen-bond donors (Lipinski definition) is 1. The second-order valence-corrected chi connectivity index (χ2v) is 7.17. The third-order valence-corrected chi connectivity index (χ3v) is 5.14. The van der Waals surface area contributed by atoms with Crippen molar-refractivity contribution in [1.82, 2.24) is 10.3 Å². The lowest BCUT2D eigenvalue weighted by Gasteiger charge is -2.19. The summed E-state index contributed by atoms with van der Waals surface area (Å²) in [6, 6.07) is 3.48. The van der Waals surface area contributed by atoms with Crippen molar-refractivity contribution in [3.8, 4) is 11.5 Å². The van der Waals surface area contributed by atoms with Crippen LogP contribution < -0.4 is 14.8 Å². The Morgan fingerprint density at radius 3 is 2.71 bits per heavy atom. The number of nitrogens with zero attached hydrogens (tertiary/aromatic N) is 1.